The molecule has 1 fully saturated rings. The molecule has 0 heterocycles. The third-order valence-electron chi connectivity index (χ3n) is 2.33. The lowest BCUT2D eigenvalue weighted by atomic mass is 9.89. The second-order valence-electron chi connectivity index (χ2n) is 3.32. The SMILES string of the molecule is C=C(CNC1CC(OC)C1)C(=O)O. The normalized spacial score (nSPS) is 26.5. The van der Waals surface area contributed by atoms with Gasteiger partial charge in [0.15, 0.2) is 0 Å². The van der Waals surface area contributed by atoms with Gasteiger partial charge in [0, 0.05) is 25.3 Å². The highest BCUT2D eigenvalue weighted by atomic mass is 16.5. The Morgan fingerprint density at radius 1 is 1.69 bits per heavy atom. The standard InChI is InChI=1S/C9H15NO3/c1-6(9(11)12)5-10-7-3-8(4-7)13-2/h7-8,10H,1,3-5H2,2H3,(H,11,12). The van der Waals surface area contributed by atoms with Gasteiger partial charge in [-0.05, 0) is 12.8 Å². The maximum atomic E-state index is 10.4. The summed E-state index contributed by atoms with van der Waals surface area (Å²) in [5.41, 5.74) is 0.209. The van der Waals surface area contributed by atoms with Gasteiger partial charge in [-0.2, -0.15) is 0 Å². The first-order valence-electron chi connectivity index (χ1n) is 4.30. The Morgan fingerprint density at radius 3 is 2.77 bits per heavy atom. The van der Waals surface area contributed by atoms with Crippen LogP contribution >= 0.6 is 0 Å². The molecule has 4 nitrogen and oxygen atoms in total. The van der Waals surface area contributed by atoms with E-state index in [1.54, 1.807) is 7.11 Å². The van der Waals surface area contributed by atoms with Crippen LogP contribution in [0, 0.1) is 0 Å². The molecule has 0 unspecified atom stereocenters. The first kappa shape index (κ1) is 10.2. The van der Waals surface area contributed by atoms with E-state index in [-0.39, 0.29) is 5.57 Å². The zero-order chi connectivity index (χ0) is 9.84. The Morgan fingerprint density at radius 2 is 2.31 bits per heavy atom. The van der Waals surface area contributed by atoms with Crippen LogP contribution < -0.4 is 5.32 Å². The van der Waals surface area contributed by atoms with Crippen LogP contribution in [0.3, 0.4) is 0 Å². The largest absolute Gasteiger partial charge is 0.478 e. The Balaban J connectivity index is 2.08. The molecular weight excluding hydrogens is 170 g/mol. The van der Waals surface area contributed by atoms with Gasteiger partial charge in [-0.15, -0.1) is 0 Å². The predicted octanol–water partition coefficient (Wildman–Crippen LogP) is 0.394. The molecule has 13 heavy (non-hydrogen) atoms. The number of hydrogen-bond acceptors (Lipinski definition) is 3. The molecule has 0 atom stereocenters. The fourth-order valence-corrected chi connectivity index (χ4v) is 1.27. The molecule has 0 aromatic rings. The number of ether oxygens (including phenoxy) is 1. The summed E-state index contributed by atoms with van der Waals surface area (Å²) in [6.45, 7) is 3.79. The summed E-state index contributed by atoms with van der Waals surface area (Å²) in [4.78, 5) is 10.4. The van der Waals surface area contributed by atoms with Crippen molar-refractivity contribution >= 4 is 5.97 Å². The Bertz CT molecular complexity index is 209. The zero-order valence-corrected chi connectivity index (χ0v) is 7.75. The first-order chi connectivity index (χ1) is 6.13. The number of rotatable bonds is 5. The highest BCUT2D eigenvalue weighted by Crippen LogP contribution is 2.22. The second kappa shape index (κ2) is 4.39. The lowest BCUT2D eigenvalue weighted by Crippen LogP contribution is -2.45. The third kappa shape index (κ3) is 2.82. The predicted molar refractivity (Wildman–Crippen MR) is 48.6 cm³/mol. The van der Waals surface area contributed by atoms with Crippen LogP contribution in [0.2, 0.25) is 0 Å². The number of aliphatic carboxylic acids is 1. The summed E-state index contributed by atoms with van der Waals surface area (Å²) >= 11 is 0. The van der Waals surface area contributed by atoms with Gasteiger partial charge in [-0.1, -0.05) is 6.58 Å². The topological polar surface area (TPSA) is 58.6 Å². The van der Waals surface area contributed by atoms with E-state index in [0.29, 0.717) is 18.7 Å². The monoisotopic (exact) mass is 185 g/mol. The van der Waals surface area contributed by atoms with Gasteiger partial charge in [-0.25, -0.2) is 4.79 Å². The van der Waals surface area contributed by atoms with Crippen LogP contribution in [0.4, 0.5) is 0 Å². The molecule has 0 aromatic carbocycles. The molecule has 74 valence electrons. The van der Waals surface area contributed by atoms with Gasteiger partial charge < -0.3 is 15.2 Å². The molecule has 1 aliphatic carbocycles. The number of carboxylic acids is 1. The molecule has 0 aliphatic heterocycles. The van der Waals surface area contributed by atoms with E-state index >= 15 is 0 Å². The van der Waals surface area contributed by atoms with E-state index < -0.39 is 5.97 Å². The van der Waals surface area contributed by atoms with Crippen LogP contribution in [0.5, 0.6) is 0 Å². The maximum Gasteiger partial charge on any atom is 0.332 e. The molecule has 0 aromatic heterocycles. The maximum absolute atomic E-state index is 10.4. The van der Waals surface area contributed by atoms with Gasteiger partial charge >= 0.3 is 5.97 Å². The highest BCUT2D eigenvalue weighted by molar-refractivity contribution is 5.86. The smallest absolute Gasteiger partial charge is 0.332 e. The number of nitrogens with one attached hydrogen (secondary N) is 1. The summed E-state index contributed by atoms with van der Waals surface area (Å²) in [5.74, 6) is -0.935. The summed E-state index contributed by atoms with van der Waals surface area (Å²) in [6, 6.07) is 0.390. The van der Waals surface area contributed by atoms with Crippen molar-refractivity contribution in [2.75, 3.05) is 13.7 Å². The lowest BCUT2D eigenvalue weighted by Gasteiger charge is -2.34. The average molecular weight is 185 g/mol. The van der Waals surface area contributed by atoms with E-state index in [4.69, 9.17) is 9.84 Å². The molecular formula is C9H15NO3. The summed E-state index contributed by atoms with van der Waals surface area (Å²) < 4.78 is 5.09. The van der Waals surface area contributed by atoms with Gasteiger partial charge in [-0.3, -0.25) is 0 Å². The minimum Gasteiger partial charge on any atom is -0.478 e. The fourth-order valence-electron chi connectivity index (χ4n) is 1.27. The molecule has 1 aliphatic rings. The summed E-state index contributed by atoms with van der Waals surface area (Å²) in [5, 5.41) is 11.6. The van der Waals surface area contributed by atoms with Gasteiger partial charge in [0.2, 0.25) is 0 Å². The van der Waals surface area contributed by atoms with E-state index in [1.165, 1.54) is 0 Å². The molecule has 0 amide bonds. The zero-order valence-electron chi connectivity index (χ0n) is 7.75. The van der Waals surface area contributed by atoms with Crippen molar-refractivity contribution in [3.8, 4) is 0 Å². The van der Waals surface area contributed by atoms with Crippen molar-refractivity contribution in [2.24, 2.45) is 0 Å². The van der Waals surface area contributed by atoms with Crippen molar-refractivity contribution in [2.45, 2.75) is 25.0 Å². The molecule has 2 N–H and O–H groups in total. The van der Waals surface area contributed by atoms with Crippen LogP contribution in [0.15, 0.2) is 12.2 Å². The number of carbonyl (C=O) groups is 1. The number of carboxylic acid groups (broad SMARTS) is 1. The van der Waals surface area contributed by atoms with Gasteiger partial charge in [0.25, 0.3) is 0 Å². The van der Waals surface area contributed by atoms with Gasteiger partial charge in [0.1, 0.15) is 0 Å². The molecule has 0 spiro atoms. The van der Waals surface area contributed by atoms with Crippen molar-refractivity contribution in [3.05, 3.63) is 12.2 Å². The first-order valence-corrected chi connectivity index (χ1v) is 4.30. The van der Waals surface area contributed by atoms with E-state index in [2.05, 4.69) is 11.9 Å². The Labute approximate surface area is 77.6 Å². The van der Waals surface area contributed by atoms with Crippen molar-refractivity contribution < 1.29 is 14.6 Å². The van der Waals surface area contributed by atoms with Crippen LogP contribution in [-0.4, -0.2) is 36.9 Å². The van der Waals surface area contributed by atoms with E-state index in [1.807, 2.05) is 0 Å². The van der Waals surface area contributed by atoms with Gasteiger partial charge in [0.05, 0.1) is 6.10 Å². The quantitative estimate of drug-likeness (QED) is 0.608. The second-order valence-corrected chi connectivity index (χ2v) is 3.32. The highest BCUT2D eigenvalue weighted by Gasteiger charge is 2.28. The van der Waals surface area contributed by atoms with E-state index in [0.717, 1.165) is 12.8 Å². The number of methoxy groups -OCH3 is 1. The van der Waals surface area contributed by atoms with Crippen LogP contribution in [0.25, 0.3) is 0 Å². The fraction of sp³-hybridized carbons (Fsp3) is 0.667. The molecule has 0 bridgehead atoms. The summed E-state index contributed by atoms with van der Waals surface area (Å²) in [7, 11) is 1.69. The average Bonchev–Trinajstić information content (AvgIpc) is 2.01. The van der Waals surface area contributed by atoms with Crippen molar-refractivity contribution in [1.29, 1.82) is 0 Å². The van der Waals surface area contributed by atoms with E-state index in [9.17, 15) is 4.79 Å². The molecule has 1 saturated carbocycles. The molecule has 1 rings (SSSR count). The molecule has 4 heteroatoms. The third-order valence-corrected chi connectivity index (χ3v) is 2.33. The van der Waals surface area contributed by atoms with Crippen LogP contribution in [-0.2, 0) is 9.53 Å². The Kier molecular flexibility index (Phi) is 3.45. The minimum absolute atomic E-state index is 0.209. The minimum atomic E-state index is -0.935. The van der Waals surface area contributed by atoms with Crippen molar-refractivity contribution in [1.82, 2.24) is 5.32 Å². The Hall–Kier alpha value is -0.870. The molecule has 0 radical (unpaired) electrons. The number of hydrogen-bond donors (Lipinski definition) is 2. The molecule has 0 saturated heterocycles. The van der Waals surface area contributed by atoms with Crippen LogP contribution in [0.1, 0.15) is 12.8 Å². The van der Waals surface area contributed by atoms with Crippen molar-refractivity contribution in [3.63, 3.8) is 0 Å². The lowest BCUT2D eigenvalue weighted by molar-refractivity contribution is -0.132. The summed E-state index contributed by atoms with van der Waals surface area (Å²) in [6.07, 6.45) is 2.27.